The Hall–Kier alpha value is -2.64. The van der Waals surface area contributed by atoms with Gasteiger partial charge in [-0.15, -0.1) is 0 Å². The van der Waals surface area contributed by atoms with Crippen molar-refractivity contribution in [2.24, 2.45) is 5.73 Å². The van der Waals surface area contributed by atoms with Crippen LogP contribution in [-0.4, -0.2) is 16.5 Å². The summed E-state index contributed by atoms with van der Waals surface area (Å²) >= 11 is 5.81. The zero-order chi connectivity index (χ0) is 16.7. The molecule has 0 bridgehead atoms. The highest BCUT2D eigenvalue weighted by Crippen LogP contribution is 2.21. The maximum absolute atomic E-state index is 10.2. The quantitative estimate of drug-likeness (QED) is 0.596. The number of rotatable bonds is 7. The van der Waals surface area contributed by atoms with E-state index in [9.17, 15) is 10.1 Å². The van der Waals surface area contributed by atoms with Gasteiger partial charge in [0.1, 0.15) is 5.75 Å². The van der Waals surface area contributed by atoms with Gasteiger partial charge in [-0.25, -0.2) is 4.98 Å². The summed E-state index contributed by atoms with van der Waals surface area (Å²) in [5, 5.41) is 13.9. The van der Waals surface area contributed by atoms with E-state index in [-0.39, 0.29) is 12.2 Å². The number of hydrogen-bond acceptors (Lipinski definition) is 6. The monoisotopic (exact) mass is 334 g/mol. The summed E-state index contributed by atoms with van der Waals surface area (Å²) in [6.07, 6.45) is 2.43. The van der Waals surface area contributed by atoms with E-state index in [1.165, 1.54) is 0 Å². The van der Waals surface area contributed by atoms with Crippen LogP contribution in [0.2, 0.25) is 5.02 Å². The molecular weight excluding hydrogens is 320 g/mol. The van der Waals surface area contributed by atoms with Gasteiger partial charge in [0.05, 0.1) is 10.6 Å². The highest BCUT2D eigenvalue weighted by Gasteiger charge is 2.01. The van der Waals surface area contributed by atoms with E-state index in [0.717, 1.165) is 11.8 Å². The third-order valence-electron chi connectivity index (χ3n) is 2.76. The van der Waals surface area contributed by atoms with Gasteiger partial charge < -0.3 is 15.8 Å². The highest BCUT2D eigenvalue weighted by atomic mass is 35.5. The van der Waals surface area contributed by atoms with Crippen molar-refractivity contribution in [3.8, 4) is 11.6 Å². The summed E-state index contributed by atoms with van der Waals surface area (Å²) in [7, 11) is 0. The van der Waals surface area contributed by atoms with Crippen molar-refractivity contribution in [1.82, 2.24) is 10.3 Å². The van der Waals surface area contributed by atoms with E-state index in [4.69, 9.17) is 22.1 Å². The molecule has 1 aromatic heterocycles. The number of nitro groups is 1. The molecular formula is C15H15ClN4O3. The number of benzene rings is 1. The molecule has 2 aromatic rings. The van der Waals surface area contributed by atoms with Crippen LogP contribution >= 0.6 is 11.6 Å². The molecule has 23 heavy (non-hydrogen) atoms. The van der Waals surface area contributed by atoms with Crippen LogP contribution in [-0.2, 0) is 6.54 Å². The molecule has 7 nitrogen and oxygen atoms in total. The third-order valence-corrected chi connectivity index (χ3v) is 3.02. The van der Waals surface area contributed by atoms with Crippen LogP contribution in [0.1, 0.15) is 5.56 Å². The molecule has 0 radical (unpaired) electrons. The molecule has 2 rings (SSSR count). The van der Waals surface area contributed by atoms with Gasteiger partial charge in [-0.05, 0) is 29.8 Å². The van der Waals surface area contributed by atoms with E-state index < -0.39 is 4.92 Å². The molecule has 0 atom stereocenters. The lowest BCUT2D eigenvalue weighted by Crippen LogP contribution is -2.21. The van der Waals surface area contributed by atoms with Crippen LogP contribution in [0.3, 0.4) is 0 Å². The Morgan fingerprint density at radius 3 is 2.70 bits per heavy atom. The largest absolute Gasteiger partial charge is 0.439 e. The van der Waals surface area contributed by atoms with Crippen LogP contribution in [0.15, 0.2) is 54.5 Å². The minimum atomic E-state index is -0.582. The average molecular weight is 335 g/mol. The third kappa shape index (κ3) is 5.93. The smallest absolute Gasteiger partial charge is 0.254 e. The molecule has 0 unspecified atom stereocenters. The van der Waals surface area contributed by atoms with Crippen LogP contribution in [0.4, 0.5) is 0 Å². The first kappa shape index (κ1) is 16.7. The van der Waals surface area contributed by atoms with Crippen LogP contribution in [0, 0.1) is 10.1 Å². The standard InChI is InChI=1S/C15H15ClN4O3/c16-12-2-4-14(5-3-12)23-15-6-1-11(8-19-15)7-18-9-13(17)10-20(21)22/h1-6,8,10,18H,7,9,17H2. The fourth-order valence-corrected chi connectivity index (χ4v) is 1.86. The first-order valence-electron chi connectivity index (χ1n) is 6.71. The Morgan fingerprint density at radius 2 is 2.09 bits per heavy atom. The minimum absolute atomic E-state index is 0.158. The lowest BCUT2D eigenvalue weighted by atomic mass is 10.3. The van der Waals surface area contributed by atoms with Crippen molar-refractivity contribution in [2.45, 2.75) is 6.54 Å². The highest BCUT2D eigenvalue weighted by molar-refractivity contribution is 6.30. The second-order valence-electron chi connectivity index (χ2n) is 4.65. The van der Waals surface area contributed by atoms with E-state index in [1.807, 2.05) is 6.07 Å². The number of hydrogen-bond donors (Lipinski definition) is 2. The topological polar surface area (TPSA) is 103 Å². The van der Waals surface area contributed by atoms with Gasteiger partial charge in [0, 0.05) is 30.4 Å². The second-order valence-corrected chi connectivity index (χ2v) is 5.09. The SMILES string of the molecule is NC(=C[N+](=O)[O-])CNCc1ccc(Oc2ccc(Cl)cc2)nc1. The van der Waals surface area contributed by atoms with Crippen molar-refractivity contribution in [1.29, 1.82) is 0 Å². The molecule has 0 fully saturated rings. The van der Waals surface area contributed by atoms with Crippen LogP contribution in [0.5, 0.6) is 11.6 Å². The van der Waals surface area contributed by atoms with Gasteiger partial charge in [0.2, 0.25) is 5.88 Å². The molecule has 3 N–H and O–H groups in total. The summed E-state index contributed by atoms with van der Waals surface area (Å²) < 4.78 is 5.58. The molecule has 0 saturated carbocycles. The van der Waals surface area contributed by atoms with Gasteiger partial charge in [0.25, 0.3) is 6.20 Å². The van der Waals surface area contributed by atoms with Gasteiger partial charge >= 0.3 is 0 Å². The van der Waals surface area contributed by atoms with Gasteiger partial charge in [-0.3, -0.25) is 10.1 Å². The van der Waals surface area contributed by atoms with E-state index in [2.05, 4.69) is 10.3 Å². The minimum Gasteiger partial charge on any atom is -0.439 e. The zero-order valence-corrected chi connectivity index (χ0v) is 12.9. The zero-order valence-electron chi connectivity index (χ0n) is 12.1. The Labute approximate surface area is 137 Å². The number of nitrogens with two attached hydrogens (primary N) is 1. The predicted molar refractivity (Wildman–Crippen MR) is 86.7 cm³/mol. The maximum Gasteiger partial charge on any atom is 0.254 e. The first-order valence-corrected chi connectivity index (χ1v) is 7.09. The number of ether oxygens (including phenoxy) is 1. The van der Waals surface area contributed by atoms with E-state index >= 15 is 0 Å². The summed E-state index contributed by atoms with van der Waals surface area (Å²) in [6, 6.07) is 10.6. The Kier molecular flexibility index (Phi) is 5.90. The molecule has 8 heteroatoms. The Bertz CT molecular complexity index is 687. The summed E-state index contributed by atoms with van der Waals surface area (Å²) in [6.45, 7) is 0.713. The molecule has 0 spiro atoms. The van der Waals surface area contributed by atoms with Crippen LogP contribution < -0.4 is 15.8 Å². The number of aromatic nitrogens is 1. The first-order chi connectivity index (χ1) is 11.0. The second kappa shape index (κ2) is 8.11. The molecule has 0 aliphatic rings. The van der Waals surface area contributed by atoms with Crippen molar-refractivity contribution in [2.75, 3.05) is 6.54 Å². The lowest BCUT2D eigenvalue weighted by Gasteiger charge is -2.07. The summed E-state index contributed by atoms with van der Waals surface area (Å²) in [5.41, 5.74) is 6.53. The summed E-state index contributed by atoms with van der Waals surface area (Å²) in [5.74, 6) is 1.11. The Morgan fingerprint density at radius 1 is 1.35 bits per heavy atom. The molecule has 0 aliphatic carbocycles. The van der Waals surface area contributed by atoms with Gasteiger partial charge in [-0.1, -0.05) is 17.7 Å². The van der Waals surface area contributed by atoms with Gasteiger partial charge in [-0.2, -0.15) is 0 Å². The van der Waals surface area contributed by atoms with Gasteiger partial charge in [0.15, 0.2) is 0 Å². The molecule has 0 amide bonds. The molecule has 1 heterocycles. The number of nitrogens with one attached hydrogen (secondary N) is 1. The fourth-order valence-electron chi connectivity index (χ4n) is 1.73. The molecule has 0 aliphatic heterocycles. The van der Waals surface area contributed by atoms with E-state index in [1.54, 1.807) is 36.5 Å². The fraction of sp³-hybridized carbons (Fsp3) is 0.133. The molecule has 1 aromatic carbocycles. The van der Waals surface area contributed by atoms with Crippen LogP contribution in [0.25, 0.3) is 0 Å². The normalized spacial score (nSPS) is 11.3. The van der Waals surface area contributed by atoms with E-state index in [0.29, 0.717) is 23.2 Å². The van der Waals surface area contributed by atoms with Crippen molar-refractivity contribution < 1.29 is 9.66 Å². The Balaban J connectivity index is 1.84. The number of pyridine rings is 1. The lowest BCUT2D eigenvalue weighted by molar-refractivity contribution is -0.403. The number of halogens is 1. The van der Waals surface area contributed by atoms with Crippen molar-refractivity contribution >= 4 is 11.6 Å². The summed E-state index contributed by atoms with van der Waals surface area (Å²) in [4.78, 5) is 13.9. The predicted octanol–water partition coefficient (Wildman–Crippen LogP) is 2.69. The number of nitrogens with zero attached hydrogens (tertiary/aromatic N) is 2. The maximum atomic E-state index is 10.2. The average Bonchev–Trinajstić information content (AvgIpc) is 2.50. The molecule has 120 valence electrons. The van der Waals surface area contributed by atoms with Crippen molar-refractivity contribution in [3.05, 3.63) is 75.2 Å². The van der Waals surface area contributed by atoms with Crippen molar-refractivity contribution in [3.63, 3.8) is 0 Å². The molecule has 0 saturated heterocycles.